The van der Waals surface area contributed by atoms with Crippen molar-refractivity contribution >= 4 is 13.8 Å². The summed E-state index contributed by atoms with van der Waals surface area (Å²) in [5.41, 5.74) is 5.25. The van der Waals surface area contributed by atoms with Crippen molar-refractivity contribution in [1.82, 2.24) is 0 Å². The van der Waals surface area contributed by atoms with Gasteiger partial charge in [0.05, 0.1) is 19.8 Å². The Morgan fingerprint density at radius 3 is 1.74 bits per heavy atom. The molecule has 0 saturated carbocycles. The van der Waals surface area contributed by atoms with Crippen LogP contribution in [0.2, 0.25) is 0 Å². The van der Waals surface area contributed by atoms with E-state index in [0.29, 0.717) is 6.61 Å². The Morgan fingerprint density at radius 1 is 0.714 bits per heavy atom. The van der Waals surface area contributed by atoms with Crippen LogP contribution >= 0.6 is 7.82 Å². The number of phosphoric ester groups is 1. The van der Waals surface area contributed by atoms with Crippen molar-refractivity contribution in [2.45, 2.75) is 97.0 Å². The quantitative estimate of drug-likeness (QED) is 0.0396. The maximum absolute atomic E-state index is 11.7. The Labute approximate surface area is 255 Å². The van der Waals surface area contributed by atoms with E-state index in [4.69, 9.17) is 19.7 Å². The number of nitrogens with two attached hydrogens (primary N) is 1. The van der Waals surface area contributed by atoms with Gasteiger partial charge in [-0.15, -0.1) is 0 Å². The number of ether oxygens (including phenoxy) is 2. The summed E-state index contributed by atoms with van der Waals surface area (Å²) in [6.45, 7) is 3.70. The highest BCUT2D eigenvalue weighted by molar-refractivity contribution is 7.47. The fraction of sp³-hybridized carbons (Fsp3) is 0.606. The molecule has 2 atom stereocenters. The van der Waals surface area contributed by atoms with E-state index in [-0.39, 0.29) is 26.4 Å². The van der Waals surface area contributed by atoms with Crippen LogP contribution in [0.4, 0.5) is 0 Å². The average molecular weight is 610 g/mol. The Bertz CT molecular complexity index is 864. The molecule has 240 valence electrons. The fourth-order valence-electron chi connectivity index (χ4n) is 3.58. The van der Waals surface area contributed by atoms with Crippen LogP contribution in [0.15, 0.2) is 72.9 Å². The minimum Gasteiger partial charge on any atom is -0.458 e. The van der Waals surface area contributed by atoms with Crippen LogP contribution in [-0.4, -0.2) is 49.9 Å². The molecule has 0 aromatic heterocycles. The largest absolute Gasteiger partial charge is 0.472 e. The lowest BCUT2D eigenvalue weighted by atomic mass is 10.1. The van der Waals surface area contributed by atoms with Gasteiger partial charge in [-0.1, -0.05) is 99.1 Å². The summed E-state index contributed by atoms with van der Waals surface area (Å²) in [7, 11) is -4.23. The lowest BCUT2D eigenvalue weighted by molar-refractivity contribution is -0.151. The second kappa shape index (κ2) is 30.4. The first-order valence-electron chi connectivity index (χ1n) is 15.4. The zero-order valence-electron chi connectivity index (χ0n) is 25.9. The van der Waals surface area contributed by atoms with E-state index in [1.165, 1.54) is 19.8 Å². The third-order valence-corrected chi connectivity index (χ3v) is 6.67. The standard InChI is InChI=1S/C33H56NO7P/c1-3-4-5-6-7-8-9-10-11-12-13-14-15-16-17-18-19-20-21-22-23-24-25-26-28-38-30-33(41-32(2)35)31-40-42(36,37)39-29-27-34/h4-5,7-8,10-11,13-14,16-17,19-20,33H,3,6,9,12,15,18,21-31,34H2,1-2H3,(H,36,37)/b5-4-,8-7-,11-10-,14-13-,17-16-,20-19-. The number of rotatable bonds is 28. The number of phosphoric acid groups is 1. The molecule has 0 rings (SSSR count). The summed E-state index contributed by atoms with van der Waals surface area (Å²) in [5, 5.41) is 0. The molecule has 2 unspecified atom stereocenters. The van der Waals surface area contributed by atoms with E-state index in [9.17, 15) is 14.3 Å². The van der Waals surface area contributed by atoms with Gasteiger partial charge in [-0.25, -0.2) is 4.57 Å². The van der Waals surface area contributed by atoms with E-state index in [1.54, 1.807) is 0 Å². The monoisotopic (exact) mass is 609 g/mol. The Kier molecular flexibility index (Phi) is 28.9. The molecule has 0 heterocycles. The lowest BCUT2D eigenvalue weighted by Crippen LogP contribution is -2.27. The predicted molar refractivity (Wildman–Crippen MR) is 173 cm³/mol. The molecule has 0 aliphatic heterocycles. The minimum absolute atomic E-state index is 0.0825. The first kappa shape index (κ1) is 39.9. The van der Waals surface area contributed by atoms with Crippen molar-refractivity contribution in [2.75, 3.05) is 33.0 Å². The van der Waals surface area contributed by atoms with Gasteiger partial charge in [0.1, 0.15) is 6.10 Å². The number of hydrogen-bond acceptors (Lipinski definition) is 7. The predicted octanol–water partition coefficient (Wildman–Crippen LogP) is 8.07. The van der Waals surface area contributed by atoms with Crippen LogP contribution in [0, 0.1) is 0 Å². The lowest BCUT2D eigenvalue weighted by Gasteiger charge is -2.19. The van der Waals surface area contributed by atoms with Crippen LogP contribution in [0.5, 0.6) is 0 Å². The maximum atomic E-state index is 11.7. The molecule has 3 N–H and O–H groups in total. The highest BCUT2D eigenvalue weighted by Gasteiger charge is 2.24. The van der Waals surface area contributed by atoms with Gasteiger partial charge in [-0.05, 0) is 57.8 Å². The smallest absolute Gasteiger partial charge is 0.458 e. The van der Waals surface area contributed by atoms with Crippen molar-refractivity contribution in [1.29, 1.82) is 0 Å². The summed E-state index contributed by atoms with van der Waals surface area (Å²) in [6.07, 6.45) is 38.4. The SMILES string of the molecule is CC/C=C\C/C=C\C/C=C\C/C=C\C/C=C\C/C=C\CCCCCCCOCC(COP(=O)(O)OCCN)OC(C)=O. The molecule has 0 aliphatic carbocycles. The van der Waals surface area contributed by atoms with Gasteiger partial charge < -0.3 is 20.1 Å². The van der Waals surface area contributed by atoms with Crippen molar-refractivity contribution < 1.29 is 32.8 Å². The van der Waals surface area contributed by atoms with Crippen molar-refractivity contribution in [3.8, 4) is 0 Å². The molecule has 9 heteroatoms. The fourth-order valence-corrected chi connectivity index (χ4v) is 4.35. The zero-order valence-corrected chi connectivity index (χ0v) is 26.8. The van der Waals surface area contributed by atoms with Gasteiger partial charge in [-0.3, -0.25) is 13.8 Å². The first-order valence-corrected chi connectivity index (χ1v) is 16.9. The Hall–Kier alpha value is -2.06. The van der Waals surface area contributed by atoms with Crippen molar-refractivity contribution in [3.63, 3.8) is 0 Å². The number of carbonyl (C=O) groups excluding carboxylic acids is 1. The van der Waals surface area contributed by atoms with E-state index in [0.717, 1.165) is 64.2 Å². The van der Waals surface area contributed by atoms with Gasteiger partial charge in [0.15, 0.2) is 0 Å². The maximum Gasteiger partial charge on any atom is 0.472 e. The summed E-state index contributed by atoms with van der Waals surface area (Å²) in [6, 6.07) is 0. The van der Waals surface area contributed by atoms with E-state index in [2.05, 4.69) is 84.4 Å². The third-order valence-electron chi connectivity index (χ3n) is 5.69. The molecule has 0 aliphatic rings. The topological polar surface area (TPSA) is 117 Å². The number of allylic oxidation sites excluding steroid dienone is 12. The summed E-state index contributed by atoms with van der Waals surface area (Å²) >= 11 is 0. The van der Waals surface area contributed by atoms with E-state index in [1.807, 2.05) is 0 Å². The molecule has 0 spiro atoms. The molecule has 0 fully saturated rings. The number of esters is 1. The molecule has 0 amide bonds. The van der Waals surface area contributed by atoms with E-state index < -0.39 is 19.9 Å². The molecule has 0 saturated heterocycles. The number of unbranched alkanes of at least 4 members (excludes halogenated alkanes) is 5. The van der Waals surface area contributed by atoms with Crippen molar-refractivity contribution in [3.05, 3.63) is 72.9 Å². The summed E-state index contributed by atoms with van der Waals surface area (Å²) < 4.78 is 31.9. The number of hydrogen-bond donors (Lipinski definition) is 2. The van der Waals surface area contributed by atoms with Crippen LogP contribution in [0.3, 0.4) is 0 Å². The highest BCUT2D eigenvalue weighted by atomic mass is 31.2. The van der Waals surface area contributed by atoms with Gasteiger partial charge in [0.25, 0.3) is 0 Å². The van der Waals surface area contributed by atoms with Gasteiger partial charge in [0, 0.05) is 20.1 Å². The van der Waals surface area contributed by atoms with Crippen molar-refractivity contribution in [2.24, 2.45) is 5.73 Å². The molecule has 0 aromatic rings. The van der Waals surface area contributed by atoms with Gasteiger partial charge in [-0.2, -0.15) is 0 Å². The third kappa shape index (κ3) is 30.9. The van der Waals surface area contributed by atoms with Crippen LogP contribution in [0.25, 0.3) is 0 Å². The normalized spacial score (nSPS) is 14.9. The molecule has 0 bridgehead atoms. The minimum atomic E-state index is -4.23. The van der Waals surface area contributed by atoms with E-state index >= 15 is 0 Å². The molecular weight excluding hydrogens is 553 g/mol. The number of carbonyl (C=O) groups is 1. The second-order valence-corrected chi connectivity index (χ2v) is 11.1. The molecule has 42 heavy (non-hydrogen) atoms. The summed E-state index contributed by atoms with van der Waals surface area (Å²) in [5.74, 6) is -0.519. The molecule has 0 aromatic carbocycles. The van der Waals surface area contributed by atoms with Gasteiger partial charge in [0.2, 0.25) is 0 Å². The molecular formula is C33H56NO7P. The second-order valence-electron chi connectivity index (χ2n) is 9.66. The summed E-state index contributed by atoms with van der Waals surface area (Å²) in [4.78, 5) is 20.8. The average Bonchev–Trinajstić information content (AvgIpc) is 2.96. The first-order chi connectivity index (χ1) is 20.4. The van der Waals surface area contributed by atoms with Crippen LogP contribution in [-0.2, 0) is 27.9 Å². The zero-order chi connectivity index (χ0) is 31.0. The van der Waals surface area contributed by atoms with Crippen LogP contribution < -0.4 is 5.73 Å². The molecule has 8 nitrogen and oxygen atoms in total. The van der Waals surface area contributed by atoms with Gasteiger partial charge >= 0.3 is 13.8 Å². The Morgan fingerprint density at radius 2 is 1.21 bits per heavy atom. The van der Waals surface area contributed by atoms with Crippen LogP contribution in [0.1, 0.15) is 90.9 Å². The Balaban J connectivity index is 3.71. The molecule has 0 radical (unpaired) electrons. The highest BCUT2D eigenvalue weighted by Crippen LogP contribution is 2.43.